The van der Waals surface area contributed by atoms with Gasteiger partial charge in [0.2, 0.25) is 6.71 Å². The molecule has 1 aromatic heterocycles. The fourth-order valence-corrected chi connectivity index (χ4v) is 10.5. The second-order valence-electron chi connectivity index (χ2n) is 20.4. The molecule has 0 bridgehead atoms. The van der Waals surface area contributed by atoms with Gasteiger partial charge in [0.15, 0.2) is 0 Å². The number of aromatic nitrogens is 1. The lowest BCUT2D eigenvalue weighted by molar-refractivity contribution is 0.590. The molecule has 0 aliphatic heterocycles. The van der Waals surface area contributed by atoms with E-state index in [1.807, 2.05) is 0 Å². The topological polar surface area (TPSA) is 52.5 Å². The molecule has 7 rings (SSSR count). The van der Waals surface area contributed by atoms with E-state index in [-0.39, 0.29) is 17.5 Å². The van der Waals surface area contributed by atoms with Gasteiger partial charge in [-0.2, -0.15) is 10.5 Å². The van der Waals surface area contributed by atoms with Crippen LogP contribution in [0.5, 0.6) is 0 Å². The fourth-order valence-electron chi connectivity index (χ4n) is 10.5. The van der Waals surface area contributed by atoms with Gasteiger partial charge in [0, 0.05) is 16.5 Å². The first-order valence-electron chi connectivity index (χ1n) is 22.3. The van der Waals surface area contributed by atoms with Gasteiger partial charge in [0.05, 0.1) is 34.3 Å². The molecule has 0 N–H and O–H groups in total. The van der Waals surface area contributed by atoms with E-state index in [0.717, 1.165) is 61.3 Å². The number of rotatable bonds is 5. The molecule has 0 atom stereocenters. The number of hydrogen-bond acceptors (Lipinski definition) is 2. The minimum absolute atomic E-state index is 0.0442. The van der Waals surface area contributed by atoms with Crippen LogP contribution < -0.4 is 16.4 Å². The van der Waals surface area contributed by atoms with Crippen LogP contribution in [-0.4, -0.2) is 11.3 Å². The molecule has 0 aliphatic rings. The number of nitrogens with zero attached hydrogens (tertiary/aromatic N) is 3. The first-order valence-corrected chi connectivity index (χ1v) is 22.3. The molecule has 0 radical (unpaired) electrons. The first-order chi connectivity index (χ1) is 29.0. The smallest absolute Gasteiger partial charge is 0.243 e. The summed E-state index contributed by atoms with van der Waals surface area (Å²) in [6.45, 7) is 40.1. The molecular formula is C58H64BN3. The molecule has 0 unspecified atom stereocenters. The number of nitriles is 2. The van der Waals surface area contributed by atoms with E-state index in [4.69, 9.17) is 0 Å². The molecule has 7 aromatic rings. The predicted octanol–water partition coefficient (Wildman–Crippen LogP) is 13.0. The van der Waals surface area contributed by atoms with Crippen LogP contribution in [0.2, 0.25) is 0 Å². The maximum absolute atomic E-state index is 10.3. The highest BCUT2D eigenvalue weighted by Crippen LogP contribution is 2.39. The van der Waals surface area contributed by atoms with E-state index >= 15 is 0 Å². The van der Waals surface area contributed by atoms with Crippen molar-refractivity contribution in [3.05, 3.63) is 150 Å². The third-order valence-corrected chi connectivity index (χ3v) is 15.0. The Labute approximate surface area is 372 Å². The third kappa shape index (κ3) is 6.79. The van der Waals surface area contributed by atoms with Crippen molar-refractivity contribution in [2.75, 3.05) is 0 Å². The predicted molar refractivity (Wildman–Crippen MR) is 267 cm³/mol. The van der Waals surface area contributed by atoms with Gasteiger partial charge < -0.3 is 4.57 Å². The van der Waals surface area contributed by atoms with Gasteiger partial charge in [-0.05, 0) is 186 Å². The largest absolute Gasteiger partial charge is 0.309 e. The average molecular weight is 814 g/mol. The van der Waals surface area contributed by atoms with Gasteiger partial charge >= 0.3 is 0 Å². The highest BCUT2D eigenvalue weighted by Gasteiger charge is 2.35. The summed E-state index contributed by atoms with van der Waals surface area (Å²) in [7, 11) is 0. The highest BCUT2D eigenvalue weighted by molar-refractivity contribution is 6.97. The molecule has 314 valence electrons. The molecular weight excluding hydrogens is 749 g/mol. The van der Waals surface area contributed by atoms with Gasteiger partial charge in [-0.3, -0.25) is 0 Å². The minimum Gasteiger partial charge on any atom is -0.309 e. The molecule has 0 saturated heterocycles. The quantitative estimate of drug-likeness (QED) is 0.163. The summed E-state index contributed by atoms with van der Waals surface area (Å²) < 4.78 is 2.44. The van der Waals surface area contributed by atoms with Crippen molar-refractivity contribution in [2.24, 2.45) is 0 Å². The zero-order valence-electron chi connectivity index (χ0n) is 40.7. The molecule has 0 saturated carbocycles. The van der Waals surface area contributed by atoms with Crippen molar-refractivity contribution < 1.29 is 0 Å². The van der Waals surface area contributed by atoms with Crippen LogP contribution in [0.15, 0.2) is 60.7 Å². The maximum Gasteiger partial charge on any atom is 0.243 e. The van der Waals surface area contributed by atoms with Crippen molar-refractivity contribution in [1.29, 1.82) is 10.5 Å². The molecule has 0 amide bonds. The lowest BCUT2D eigenvalue weighted by atomic mass is 9.32. The Bertz CT molecular complexity index is 2870. The van der Waals surface area contributed by atoms with E-state index in [1.165, 1.54) is 82.7 Å². The lowest BCUT2D eigenvalue weighted by Gasteiger charge is -2.32. The van der Waals surface area contributed by atoms with E-state index in [2.05, 4.69) is 202 Å². The van der Waals surface area contributed by atoms with Crippen molar-refractivity contribution in [1.82, 2.24) is 4.57 Å². The standard InChI is InChI=1S/C58H64BN3/c1-31-37(7)54(38(8)32(2)49(31)29-60)59(55-39(9)33(3)50(30-61)34(4)40(55)10)56-41(11)35(5)53(36(6)42(56)12)43-19-23-46(24-20-43)62-51-25-21-44(57(13,14)15)27-47(51)48-28-45(58(16,17)18)22-26-52(48)62/h19-28H,1-18H3. The van der Waals surface area contributed by atoms with Crippen LogP contribution in [-0.2, 0) is 10.8 Å². The van der Waals surface area contributed by atoms with E-state index in [1.54, 1.807) is 0 Å². The second kappa shape index (κ2) is 15.5. The molecule has 0 fully saturated rings. The summed E-state index contributed by atoms with van der Waals surface area (Å²) >= 11 is 0. The number of fused-ring (bicyclic) bond motifs is 3. The van der Waals surface area contributed by atoms with Crippen molar-refractivity contribution >= 4 is 44.9 Å². The van der Waals surface area contributed by atoms with Gasteiger partial charge in [0.25, 0.3) is 0 Å². The summed E-state index contributed by atoms with van der Waals surface area (Å²) in [6.07, 6.45) is 0. The number of benzene rings is 6. The van der Waals surface area contributed by atoms with Crippen LogP contribution in [0.3, 0.4) is 0 Å². The Morgan fingerprint density at radius 2 is 0.742 bits per heavy atom. The first kappa shape index (κ1) is 44.2. The Morgan fingerprint density at radius 1 is 0.419 bits per heavy atom. The van der Waals surface area contributed by atoms with Crippen LogP contribution in [0.1, 0.15) is 131 Å². The maximum atomic E-state index is 10.3. The molecule has 1 heterocycles. The Balaban J connectivity index is 1.46. The molecule has 4 heteroatoms. The highest BCUT2D eigenvalue weighted by atomic mass is 15.0. The molecule has 6 aromatic carbocycles. The molecule has 3 nitrogen and oxygen atoms in total. The van der Waals surface area contributed by atoms with E-state index in [9.17, 15) is 10.5 Å². The Kier molecular flexibility index (Phi) is 11.1. The SMILES string of the molecule is Cc1c(C)c(B(c2c(C)c(C)c(C#N)c(C)c2C)c2c(C)c(C)c(-c3ccc(-n4c5ccc(C(C)(C)C)cc5c5cc(C(C)(C)C)ccc54)cc3)c(C)c2C)c(C)c(C)c1C#N. The molecule has 0 spiro atoms. The lowest BCUT2D eigenvalue weighted by Crippen LogP contribution is -2.58. The summed E-state index contributed by atoms with van der Waals surface area (Å²) in [4.78, 5) is 0. The van der Waals surface area contributed by atoms with Crippen molar-refractivity contribution in [3.8, 4) is 29.0 Å². The zero-order valence-corrected chi connectivity index (χ0v) is 40.7. The molecule has 62 heavy (non-hydrogen) atoms. The van der Waals surface area contributed by atoms with Crippen molar-refractivity contribution in [2.45, 2.75) is 135 Å². The van der Waals surface area contributed by atoms with Crippen molar-refractivity contribution in [3.63, 3.8) is 0 Å². The minimum atomic E-state index is -0.0907. The number of hydrogen-bond donors (Lipinski definition) is 0. The second-order valence-corrected chi connectivity index (χ2v) is 20.4. The third-order valence-electron chi connectivity index (χ3n) is 15.0. The normalized spacial score (nSPS) is 12.0. The Hall–Kier alpha value is -5.84. The summed E-state index contributed by atoms with van der Waals surface area (Å²) in [5, 5.41) is 23.2. The van der Waals surface area contributed by atoms with Crippen LogP contribution >= 0.6 is 0 Å². The molecule has 0 aliphatic carbocycles. The van der Waals surface area contributed by atoms with Gasteiger partial charge in [-0.1, -0.05) is 116 Å². The summed E-state index contributed by atoms with van der Waals surface area (Å²) in [5.74, 6) is 0. The Morgan fingerprint density at radius 3 is 1.05 bits per heavy atom. The van der Waals surface area contributed by atoms with Gasteiger partial charge in [-0.25, -0.2) is 0 Å². The van der Waals surface area contributed by atoms with Gasteiger partial charge in [0.1, 0.15) is 0 Å². The fraction of sp³-hybridized carbons (Fsp3) is 0.345. The van der Waals surface area contributed by atoms with E-state index < -0.39 is 0 Å². The van der Waals surface area contributed by atoms with Gasteiger partial charge in [-0.15, -0.1) is 0 Å². The van der Waals surface area contributed by atoms with E-state index in [0.29, 0.717) is 0 Å². The van der Waals surface area contributed by atoms with Crippen LogP contribution in [0.4, 0.5) is 0 Å². The van der Waals surface area contributed by atoms with Crippen LogP contribution in [0, 0.1) is 106 Å². The monoisotopic (exact) mass is 814 g/mol. The zero-order chi connectivity index (χ0) is 45.7. The average Bonchev–Trinajstić information content (AvgIpc) is 3.55. The summed E-state index contributed by atoms with van der Waals surface area (Å²) in [5.41, 5.74) is 28.2. The van der Waals surface area contributed by atoms with Crippen LogP contribution in [0.25, 0.3) is 38.6 Å². The summed E-state index contributed by atoms with van der Waals surface area (Å²) in [6, 6.07) is 28.3.